The zero-order valence-corrected chi connectivity index (χ0v) is 13.1. The summed E-state index contributed by atoms with van der Waals surface area (Å²) in [5, 5.41) is 5.42. The third-order valence-corrected chi connectivity index (χ3v) is 4.56. The fourth-order valence-electron chi connectivity index (χ4n) is 1.67. The van der Waals surface area contributed by atoms with E-state index in [1.54, 1.807) is 11.3 Å². The van der Waals surface area contributed by atoms with Gasteiger partial charge in [-0.2, -0.15) is 0 Å². The molecule has 1 atom stereocenters. The maximum Gasteiger partial charge on any atom is 0.266 e. The van der Waals surface area contributed by atoms with Crippen molar-refractivity contribution in [3.05, 3.63) is 42.6 Å². The van der Waals surface area contributed by atoms with Crippen LogP contribution in [0.3, 0.4) is 0 Å². The van der Waals surface area contributed by atoms with E-state index in [2.05, 4.69) is 40.6 Å². The number of aromatic nitrogens is 2. The first-order valence-corrected chi connectivity index (χ1v) is 7.58. The van der Waals surface area contributed by atoms with Gasteiger partial charge in [-0.15, -0.1) is 11.3 Å². The molecule has 0 aliphatic carbocycles. The van der Waals surface area contributed by atoms with Gasteiger partial charge in [-0.25, -0.2) is 4.98 Å². The third kappa shape index (κ3) is 2.92. The van der Waals surface area contributed by atoms with Crippen LogP contribution >= 0.6 is 33.9 Å². The van der Waals surface area contributed by atoms with Gasteiger partial charge < -0.3 is 10.3 Å². The Bertz CT molecular complexity index is 565. The van der Waals surface area contributed by atoms with Crippen molar-refractivity contribution in [3.63, 3.8) is 0 Å². The highest BCUT2D eigenvalue weighted by Gasteiger charge is 2.18. The molecule has 4 nitrogen and oxygen atoms in total. The van der Waals surface area contributed by atoms with Gasteiger partial charge in [0.25, 0.3) is 5.56 Å². The van der Waals surface area contributed by atoms with Crippen molar-refractivity contribution in [3.8, 4) is 0 Å². The summed E-state index contributed by atoms with van der Waals surface area (Å²) in [7, 11) is 0. The van der Waals surface area contributed by atoms with Gasteiger partial charge in [0, 0.05) is 4.88 Å². The molecule has 2 rings (SSSR count). The first-order chi connectivity index (χ1) is 8.59. The van der Waals surface area contributed by atoms with E-state index in [1.165, 1.54) is 11.2 Å². The Balaban J connectivity index is 2.30. The quantitative estimate of drug-likeness (QED) is 0.807. The minimum Gasteiger partial charge on any atom is -0.361 e. The summed E-state index contributed by atoms with van der Waals surface area (Å²) in [5.74, 6) is 1.06. The Kier molecular flexibility index (Phi) is 4.39. The molecule has 0 spiro atoms. The first kappa shape index (κ1) is 13.5. The van der Waals surface area contributed by atoms with Gasteiger partial charge in [0.2, 0.25) is 0 Å². The monoisotopic (exact) mass is 375 g/mol. The van der Waals surface area contributed by atoms with E-state index >= 15 is 0 Å². The van der Waals surface area contributed by atoms with Gasteiger partial charge >= 0.3 is 0 Å². The van der Waals surface area contributed by atoms with Gasteiger partial charge in [0.15, 0.2) is 0 Å². The van der Waals surface area contributed by atoms with Crippen LogP contribution < -0.4 is 10.9 Å². The van der Waals surface area contributed by atoms with E-state index in [9.17, 15) is 4.79 Å². The fraction of sp³-hybridized carbons (Fsp3) is 0.333. The smallest absolute Gasteiger partial charge is 0.266 e. The Morgan fingerprint density at radius 1 is 1.50 bits per heavy atom. The molecule has 18 heavy (non-hydrogen) atoms. The van der Waals surface area contributed by atoms with Crippen LogP contribution in [0.25, 0.3) is 0 Å². The summed E-state index contributed by atoms with van der Waals surface area (Å²) in [6.07, 6.45) is 1.43. The number of anilines is 1. The van der Waals surface area contributed by atoms with E-state index in [-0.39, 0.29) is 11.6 Å². The summed E-state index contributed by atoms with van der Waals surface area (Å²) < 4.78 is 0.595. The molecule has 0 bridgehead atoms. The van der Waals surface area contributed by atoms with Crippen LogP contribution in [0.1, 0.15) is 24.8 Å². The molecule has 0 fully saturated rings. The second kappa shape index (κ2) is 5.83. The fourth-order valence-corrected chi connectivity index (χ4v) is 3.07. The lowest BCUT2D eigenvalue weighted by molar-refractivity contribution is 0.551. The van der Waals surface area contributed by atoms with Crippen LogP contribution in [0.4, 0.5) is 5.82 Å². The molecule has 2 aromatic heterocycles. The molecule has 0 saturated heterocycles. The average Bonchev–Trinajstić information content (AvgIpc) is 2.84. The summed E-state index contributed by atoms with van der Waals surface area (Å²) in [6.45, 7) is 4.30. The maximum absolute atomic E-state index is 11.5. The minimum absolute atomic E-state index is 0.109. The summed E-state index contributed by atoms with van der Waals surface area (Å²) in [5.41, 5.74) is -0.109. The van der Waals surface area contributed by atoms with E-state index in [1.807, 2.05) is 28.7 Å². The highest BCUT2D eigenvalue weighted by Crippen LogP contribution is 2.29. The molecule has 0 saturated carbocycles. The van der Waals surface area contributed by atoms with Crippen LogP contribution in [0.15, 0.2) is 28.6 Å². The number of thiophene rings is 1. The third-order valence-electron chi connectivity index (χ3n) is 2.61. The molecule has 6 heteroatoms. The molecule has 2 heterocycles. The summed E-state index contributed by atoms with van der Waals surface area (Å²) in [4.78, 5) is 19.6. The minimum atomic E-state index is -0.109. The van der Waals surface area contributed by atoms with Gasteiger partial charge in [-0.05, 0) is 40.0 Å². The second-order valence-corrected chi connectivity index (χ2v) is 6.33. The number of hydrogen-bond donors (Lipinski definition) is 2. The Morgan fingerprint density at radius 2 is 2.28 bits per heavy atom. The average molecular weight is 375 g/mol. The largest absolute Gasteiger partial charge is 0.361 e. The molecular weight excluding hydrogens is 361 g/mol. The van der Waals surface area contributed by atoms with E-state index in [0.717, 1.165) is 0 Å². The molecule has 0 amide bonds. The van der Waals surface area contributed by atoms with Crippen LogP contribution in [0, 0.1) is 9.49 Å². The van der Waals surface area contributed by atoms with Crippen LogP contribution in [0.2, 0.25) is 0 Å². The van der Waals surface area contributed by atoms with Crippen molar-refractivity contribution in [2.45, 2.75) is 19.9 Å². The number of aromatic amines is 1. The van der Waals surface area contributed by atoms with Crippen LogP contribution in [-0.2, 0) is 0 Å². The number of hydrogen-bond acceptors (Lipinski definition) is 4. The summed E-state index contributed by atoms with van der Waals surface area (Å²) >= 11 is 3.72. The molecule has 2 N–H and O–H groups in total. The number of nitrogens with zero attached hydrogens (tertiary/aromatic N) is 1. The number of nitrogens with one attached hydrogen (secondary N) is 2. The molecule has 0 aromatic carbocycles. The highest BCUT2D eigenvalue weighted by molar-refractivity contribution is 14.1. The summed E-state index contributed by atoms with van der Waals surface area (Å²) in [6, 6.07) is 4.31. The predicted octanol–water partition coefficient (Wildman–Crippen LogP) is 3.25. The van der Waals surface area contributed by atoms with E-state index in [0.29, 0.717) is 15.3 Å². The highest BCUT2D eigenvalue weighted by atomic mass is 127. The zero-order chi connectivity index (χ0) is 13.1. The Labute approximate surface area is 123 Å². The second-order valence-electron chi connectivity index (χ2n) is 4.28. The van der Waals surface area contributed by atoms with Crippen molar-refractivity contribution >= 4 is 39.7 Å². The van der Waals surface area contributed by atoms with Crippen LogP contribution in [-0.4, -0.2) is 9.97 Å². The first-order valence-electron chi connectivity index (χ1n) is 5.62. The topological polar surface area (TPSA) is 57.8 Å². The predicted molar refractivity (Wildman–Crippen MR) is 83.1 cm³/mol. The molecule has 96 valence electrons. The van der Waals surface area contributed by atoms with Crippen LogP contribution in [0.5, 0.6) is 0 Å². The molecule has 1 unspecified atom stereocenters. The van der Waals surface area contributed by atoms with Gasteiger partial charge in [-0.3, -0.25) is 4.79 Å². The van der Waals surface area contributed by atoms with Crippen molar-refractivity contribution in [2.75, 3.05) is 5.32 Å². The lowest BCUT2D eigenvalue weighted by Gasteiger charge is -2.22. The van der Waals surface area contributed by atoms with E-state index < -0.39 is 0 Å². The lowest BCUT2D eigenvalue weighted by atomic mass is 10.0. The Morgan fingerprint density at radius 3 is 2.89 bits per heavy atom. The normalized spacial score (nSPS) is 12.7. The molecule has 2 aromatic rings. The molecular formula is C12H14IN3OS. The van der Waals surface area contributed by atoms with Crippen molar-refractivity contribution in [1.82, 2.24) is 9.97 Å². The number of H-pyrrole nitrogens is 1. The van der Waals surface area contributed by atoms with Gasteiger partial charge in [0.05, 0.1) is 12.4 Å². The molecule has 0 aliphatic rings. The maximum atomic E-state index is 11.5. The number of rotatable bonds is 4. The van der Waals surface area contributed by atoms with E-state index in [4.69, 9.17) is 0 Å². The molecule has 0 aliphatic heterocycles. The van der Waals surface area contributed by atoms with Crippen molar-refractivity contribution in [1.29, 1.82) is 0 Å². The molecule has 0 radical (unpaired) electrons. The van der Waals surface area contributed by atoms with Gasteiger partial charge in [0.1, 0.15) is 9.39 Å². The van der Waals surface area contributed by atoms with Crippen molar-refractivity contribution < 1.29 is 0 Å². The Hall–Kier alpha value is -0.890. The lowest BCUT2D eigenvalue weighted by Crippen LogP contribution is -2.20. The number of halogens is 1. The standard InChI is InChI=1S/C12H14IN3OS/c1-7(2)10(8-4-3-5-18-8)16-11-9(13)12(17)15-6-14-11/h3-7,10H,1-2H3,(H2,14,15,16,17). The SMILES string of the molecule is CC(C)C(Nc1nc[nH]c(=O)c1I)c1cccs1. The van der Waals surface area contributed by atoms with Gasteiger partial charge in [-0.1, -0.05) is 19.9 Å². The zero-order valence-electron chi connectivity index (χ0n) is 10.1. The van der Waals surface area contributed by atoms with Crippen molar-refractivity contribution in [2.24, 2.45) is 5.92 Å².